The average Bonchev–Trinajstić information content (AvgIpc) is 3.00. The van der Waals surface area contributed by atoms with Crippen LogP contribution in [-0.2, 0) is 11.3 Å². The summed E-state index contributed by atoms with van der Waals surface area (Å²) in [5.41, 5.74) is 2.18. The van der Waals surface area contributed by atoms with E-state index in [-0.39, 0.29) is 11.5 Å². The number of carbonyl (C=O) groups excluding carboxylic acids is 1. The van der Waals surface area contributed by atoms with Crippen molar-refractivity contribution in [2.45, 2.75) is 13.5 Å². The summed E-state index contributed by atoms with van der Waals surface area (Å²) in [5, 5.41) is 7.39. The summed E-state index contributed by atoms with van der Waals surface area (Å²) in [5.74, 6) is -0.341. The number of allylic oxidation sites excluding steroid dienone is 1. The van der Waals surface area contributed by atoms with Crippen LogP contribution < -0.4 is 10.6 Å². The van der Waals surface area contributed by atoms with Crippen molar-refractivity contribution in [1.82, 2.24) is 4.57 Å². The summed E-state index contributed by atoms with van der Waals surface area (Å²) in [6.45, 7) is 5.78. The smallest absolute Gasteiger partial charge is 0.280 e. The Balaban J connectivity index is 1.85. The number of carbonyl (C=O) groups is 1. The SMILES string of the molecule is C=CCn1c(=O)c(/C=C2\C(=O)N(c3ccccc3Cl)N=C2C)cc2ccc(Cl)cc21. The van der Waals surface area contributed by atoms with Gasteiger partial charge in [0, 0.05) is 17.1 Å². The van der Waals surface area contributed by atoms with Crippen molar-refractivity contribution in [1.29, 1.82) is 0 Å². The number of para-hydroxylation sites is 1. The molecule has 1 amide bonds. The number of amides is 1. The third-order valence-corrected chi connectivity index (χ3v) is 5.40. The molecule has 0 spiro atoms. The number of hydrogen-bond acceptors (Lipinski definition) is 3. The van der Waals surface area contributed by atoms with E-state index in [1.165, 1.54) is 5.01 Å². The first-order chi connectivity index (χ1) is 14.4. The number of hydrazone groups is 1. The molecule has 5 nitrogen and oxygen atoms in total. The first kappa shape index (κ1) is 20.1. The average molecular weight is 438 g/mol. The summed E-state index contributed by atoms with van der Waals surface area (Å²) in [4.78, 5) is 26.2. The molecule has 0 saturated carbocycles. The van der Waals surface area contributed by atoms with Gasteiger partial charge in [0.15, 0.2) is 0 Å². The Bertz CT molecular complexity index is 1320. The Morgan fingerprint density at radius 1 is 1.10 bits per heavy atom. The highest BCUT2D eigenvalue weighted by molar-refractivity contribution is 6.37. The fourth-order valence-corrected chi connectivity index (χ4v) is 3.79. The van der Waals surface area contributed by atoms with Crippen LogP contribution in [-0.4, -0.2) is 16.2 Å². The van der Waals surface area contributed by atoms with E-state index in [1.54, 1.807) is 66.1 Å². The van der Waals surface area contributed by atoms with Crippen LogP contribution in [0.4, 0.5) is 5.69 Å². The molecule has 30 heavy (non-hydrogen) atoms. The first-order valence-corrected chi connectivity index (χ1v) is 9.96. The number of halogens is 2. The van der Waals surface area contributed by atoms with E-state index < -0.39 is 0 Å². The molecular formula is C23H17Cl2N3O2. The van der Waals surface area contributed by atoms with Gasteiger partial charge < -0.3 is 4.57 Å². The van der Waals surface area contributed by atoms with Crippen molar-refractivity contribution in [2.75, 3.05) is 5.01 Å². The third kappa shape index (κ3) is 3.47. The lowest BCUT2D eigenvalue weighted by molar-refractivity contribution is -0.114. The number of hydrogen-bond donors (Lipinski definition) is 0. The van der Waals surface area contributed by atoms with Gasteiger partial charge in [-0.25, -0.2) is 0 Å². The zero-order valence-corrected chi connectivity index (χ0v) is 17.6. The summed E-state index contributed by atoms with van der Waals surface area (Å²) in [6.07, 6.45) is 3.22. The van der Waals surface area contributed by atoms with Crippen molar-refractivity contribution in [3.05, 3.63) is 92.7 Å². The van der Waals surface area contributed by atoms with Gasteiger partial charge in [-0.05, 0) is 48.7 Å². The molecule has 3 aromatic rings. The van der Waals surface area contributed by atoms with Gasteiger partial charge in [0.2, 0.25) is 0 Å². The van der Waals surface area contributed by atoms with Crippen LogP contribution in [0.25, 0.3) is 17.0 Å². The van der Waals surface area contributed by atoms with Gasteiger partial charge in [-0.2, -0.15) is 10.1 Å². The summed E-state index contributed by atoms with van der Waals surface area (Å²) < 4.78 is 1.58. The molecule has 0 N–H and O–H groups in total. The third-order valence-electron chi connectivity index (χ3n) is 4.84. The molecule has 0 bridgehead atoms. The molecule has 0 unspecified atom stereocenters. The number of benzene rings is 2. The Morgan fingerprint density at radius 3 is 2.60 bits per heavy atom. The molecule has 0 radical (unpaired) electrons. The van der Waals surface area contributed by atoms with E-state index in [0.29, 0.717) is 44.6 Å². The highest BCUT2D eigenvalue weighted by atomic mass is 35.5. The molecule has 0 atom stereocenters. The van der Waals surface area contributed by atoms with Gasteiger partial charge in [0.1, 0.15) is 0 Å². The maximum atomic E-state index is 13.1. The molecule has 7 heteroatoms. The predicted molar refractivity (Wildman–Crippen MR) is 123 cm³/mol. The molecule has 1 aromatic heterocycles. The number of anilines is 1. The van der Waals surface area contributed by atoms with Crippen LogP contribution in [0.15, 0.2) is 76.7 Å². The second kappa shape index (κ2) is 7.94. The molecule has 150 valence electrons. The Hall–Kier alpha value is -3.15. The Morgan fingerprint density at radius 2 is 1.87 bits per heavy atom. The zero-order valence-electron chi connectivity index (χ0n) is 16.1. The fourth-order valence-electron chi connectivity index (χ4n) is 3.41. The molecule has 0 saturated heterocycles. The van der Waals surface area contributed by atoms with Crippen molar-refractivity contribution in [3.8, 4) is 0 Å². The minimum absolute atomic E-state index is 0.242. The highest BCUT2D eigenvalue weighted by Crippen LogP contribution is 2.30. The highest BCUT2D eigenvalue weighted by Gasteiger charge is 2.30. The van der Waals surface area contributed by atoms with E-state index in [0.717, 1.165) is 5.39 Å². The number of pyridine rings is 1. The number of rotatable bonds is 4. The van der Waals surface area contributed by atoms with E-state index in [2.05, 4.69) is 11.7 Å². The molecule has 0 fully saturated rings. The van der Waals surface area contributed by atoms with Gasteiger partial charge in [-0.1, -0.05) is 47.5 Å². The van der Waals surface area contributed by atoms with Crippen LogP contribution in [0.2, 0.25) is 10.0 Å². The topological polar surface area (TPSA) is 54.7 Å². The largest absolute Gasteiger partial charge is 0.304 e. The van der Waals surface area contributed by atoms with Gasteiger partial charge in [-0.3, -0.25) is 9.59 Å². The van der Waals surface area contributed by atoms with Crippen LogP contribution in [0.5, 0.6) is 0 Å². The molecular weight excluding hydrogens is 421 g/mol. The lowest BCUT2D eigenvalue weighted by Crippen LogP contribution is -2.24. The number of fused-ring (bicyclic) bond motifs is 1. The standard InChI is InChI=1S/C23H17Cl2N3O2/c1-3-10-27-21-13-17(24)9-8-15(21)11-16(22(27)29)12-18-14(2)26-28(23(18)30)20-7-5-4-6-19(20)25/h3-9,11-13H,1,10H2,2H3/b18-12-. The van der Waals surface area contributed by atoms with Crippen LogP contribution >= 0.6 is 23.2 Å². The molecule has 0 aliphatic carbocycles. The Labute approximate surface area is 183 Å². The molecule has 2 heterocycles. The molecule has 1 aliphatic heterocycles. The van der Waals surface area contributed by atoms with Crippen molar-refractivity contribution >= 4 is 57.5 Å². The number of aromatic nitrogens is 1. The van der Waals surface area contributed by atoms with Crippen molar-refractivity contribution in [2.24, 2.45) is 5.10 Å². The summed E-state index contributed by atoms with van der Waals surface area (Å²) in [6, 6.07) is 14.1. The van der Waals surface area contributed by atoms with Gasteiger partial charge in [0.25, 0.3) is 11.5 Å². The zero-order chi connectivity index (χ0) is 21.4. The van der Waals surface area contributed by atoms with Crippen LogP contribution in [0, 0.1) is 0 Å². The van der Waals surface area contributed by atoms with Crippen LogP contribution in [0.3, 0.4) is 0 Å². The summed E-state index contributed by atoms with van der Waals surface area (Å²) in [7, 11) is 0. The quantitative estimate of drug-likeness (QED) is 0.410. The minimum atomic E-state index is -0.341. The van der Waals surface area contributed by atoms with E-state index in [4.69, 9.17) is 23.2 Å². The number of nitrogens with zero attached hydrogens (tertiary/aromatic N) is 3. The van der Waals surface area contributed by atoms with Gasteiger partial charge in [0.05, 0.1) is 27.5 Å². The van der Waals surface area contributed by atoms with E-state index >= 15 is 0 Å². The first-order valence-electron chi connectivity index (χ1n) is 9.21. The molecule has 1 aliphatic rings. The van der Waals surface area contributed by atoms with E-state index in [9.17, 15) is 9.59 Å². The van der Waals surface area contributed by atoms with Gasteiger partial charge >= 0.3 is 0 Å². The minimum Gasteiger partial charge on any atom is -0.304 e. The lowest BCUT2D eigenvalue weighted by Gasteiger charge is -2.13. The normalized spacial score (nSPS) is 15.2. The Kier molecular flexibility index (Phi) is 5.33. The lowest BCUT2D eigenvalue weighted by atomic mass is 10.1. The van der Waals surface area contributed by atoms with E-state index in [1.807, 2.05) is 6.07 Å². The maximum Gasteiger partial charge on any atom is 0.280 e. The predicted octanol–water partition coefficient (Wildman–Crippen LogP) is 5.30. The van der Waals surface area contributed by atoms with Crippen molar-refractivity contribution in [3.63, 3.8) is 0 Å². The molecule has 4 rings (SSSR count). The van der Waals surface area contributed by atoms with Crippen LogP contribution in [0.1, 0.15) is 12.5 Å². The van der Waals surface area contributed by atoms with Crippen molar-refractivity contribution < 1.29 is 4.79 Å². The maximum absolute atomic E-state index is 13.1. The summed E-state index contributed by atoms with van der Waals surface area (Å²) >= 11 is 12.3. The van der Waals surface area contributed by atoms with Gasteiger partial charge in [-0.15, -0.1) is 6.58 Å². The monoisotopic (exact) mass is 437 g/mol. The second-order valence-corrected chi connectivity index (χ2v) is 7.66. The fraction of sp³-hybridized carbons (Fsp3) is 0.0870. The second-order valence-electron chi connectivity index (χ2n) is 6.82. The molecule has 2 aromatic carbocycles.